The van der Waals surface area contributed by atoms with Crippen LogP contribution in [0.5, 0.6) is 0 Å². The molecule has 0 amide bonds. The second-order valence-electron chi connectivity index (χ2n) is 3.14. The molecule has 14 heavy (non-hydrogen) atoms. The van der Waals surface area contributed by atoms with Gasteiger partial charge >= 0.3 is 5.97 Å². The SMILES string of the molecule is CC(Cc1cc(C=O)ccn1)C(=O)O. The molecule has 0 saturated heterocycles. The van der Waals surface area contributed by atoms with Gasteiger partial charge in [0.15, 0.2) is 0 Å². The van der Waals surface area contributed by atoms with Crippen LogP contribution in [0.15, 0.2) is 18.3 Å². The third-order valence-corrected chi connectivity index (χ3v) is 1.91. The molecule has 1 N–H and O–H groups in total. The van der Waals surface area contributed by atoms with Gasteiger partial charge in [0, 0.05) is 23.9 Å². The van der Waals surface area contributed by atoms with Crippen molar-refractivity contribution >= 4 is 12.3 Å². The zero-order valence-corrected chi connectivity index (χ0v) is 7.80. The molecule has 0 aromatic carbocycles. The summed E-state index contributed by atoms with van der Waals surface area (Å²) in [6, 6.07) is 3.19. The average Bonchev–Trinajstić information content (AvgIpc) is 2.18. The van der Waals surface area contributed by atoms with Crippen molar-refractivity contribution in [2.24, 2.45) is 5.92 Å². The number of aldehydes is 1. The summed E-state index contributed by atoms with van der Waals surface area (Å²) in [5, 5.41) is 8.67. The van der Waals surface area contributed by atoms with E-state index in [2.05, 4.69) is 4.98 Å². The highest BCUT2D eigenvalue weighted by atomic mass is 16.4. The molecule has 0 fully saturated rings. The Balaban J connectivity index is 2.76. The van der Waals surface area contributed by atoms with E-state index in [-0.39, 0.29) is 0 Å². The van der Waals surface area contributed by atoms with Crippen molar-refractivity contribution in [3.05, 3.63) is 29.6 Å². The van der Waals surface area contributed by atoms with Crippen molar-refractivity contribution < 1.29 is 14.7 Å². The lowest BCUT2D eigenvalue weighted by Crippen LogP contribution is -2.13. The summed E-state index contributed by atoms with van der Waals surface area (Å²) in [5.74, 6) is -1.34. The number of rotatable bonds is 4. The molecule has 0 spiro atoms. The van der Waals surface area contributed by atoms with Crippen molar-refractivity contribution in [2.75, 3.05) is 0 Å². The molecule has 0 aliphatic heterocycles. The fourth-order valence-electron chi connectivity index (χ4n) is 1.08. The largest absolute Gasteiger partial charge is 0.481 e. The number of carboxylic acids is 1. The normalized spacial score (nSPS) is 12.1. The summed E-state index contributed by atoms with van der Waals surface area (Å²) in [6.07, 6.45) is 2.57. The number of hydrogen-bond donors (Lipinski definition) is 1. The number of carboxylic acid groups (broad SMARTS) is 1. The molecule has 74 valence electrons. The Labute approximate surface area is 81.6 Å². The van der Waals surface area contributed by atoms with Crippen LogP contribution >= 0.6 is 0 Å². The average molecular weight is 193 g/mol. The molecular weight excluding hydrogens is 182 g/mol. The number of pyridine rings is 1. The van der Waals surface area contributed by atoms with Crippen LogP contribution in [0.1, 0.15) is 23.0 Å². The molecule has 0 aliphatic rings. The third-order valence-electron chi connectivity index (χ3n) is 1.91. The van der Waals surface area contributed by atoms with E-state index in [0.29, 0.717) is 17.7 Å². The zero-order valence-electron chi connectivity index (χ0n) is 7.80. The fourth-order valence-corrected chi connectivity index (χ4v) is 1.08. The van der Waals surface area contributed by atoms with Gasteiger partial charge in [-0.2, -0.15) is 0 Å². The molecule has 4 heteroatoms. The molecular formula is C10H11NO3. The summed E-state index contributed by atoms with van der Waals surface area (Å²) >= 11 is 0. The highest BCUT2D eigenvalue weighted by Crippen LogP contribution is 2.07. The monoisotopic (exact) mass is 193 g/mol. The number of carbonyl (C=O) groups is 2. The standard InChI is InChI=1S/C10H11NO3/c1-7(10(13)14)4-9-5-8(6-12)2-3-11-9/h2-3,5-7H,4H2,1H3,(H,13,14). The van der Waals surface area contributed by atoms with E-state index >= 15 is 0 Å². The second kappa shape index (κ2) is 4.50. The lowest BCUT2D eigenvalue weighted by molar-refractivity contribution is -0.141. The Bertz CT molecular complexity index is 349. The number of aliphatic carboxylic acids is 1. The highest BCUT2D eigenvalue weighted by Gasteiger charge is 2.12. The minimum absolute atomic E-state index is 0.344. The van der Waals surface area contributed by atoms with E-state index in [9.17, 15) is 9.59 Å². The second-order valence-corrected chi connectivity index (χ2v) is 3.14. The predicted octanol–water partition coefficient (Wildman–Crippen LogP) is 1.16. The van der Waals surface area contributed by atoms with Crippen LogP contribution in [0, 0.1) is 5.92 Å². The van der Waals surface area contributed by atoms with Gasteiger partial charge in [-0.3, -0.25) is 14.6 Å². The lowest BCUT2D eigenvalue weighted by atomic mass is 10.0. The zero-order chi connectivity index (χ0) is 10.6. The molecule has 0 radical (unpaired) electrons. The smallest absolute Gasteiger partial charge is 0.306 e. The summed E-state index contributed by atoms with van der Waals surface area (Å²) in [5.41, 5.74) is 1.15. The first-order chi connectivity index (χ1) is 6.63. The molecule has 1 rings (SSSR count). The number of aromatic nitrogens is 1. The van der Waals surface area contributed by atoms with Crippen molar-refractivity contribution in [1.29, 1.82) is 0 Å². The molecule has 1 aromatic heterocycles. The van der Waals surface area contributed by atoms with Gasteiger partial charge in [-0.1, -0.05) is 6.92 Å². The Morgan fingerprint density at radius 2 is 2.43 bits per heavy atom. The molecule has 0 aliphatic carbocycles. The Kier molecular flexibility index (Phi) is 3.34. The van der Waals surface area contributed by atoms with Gasteiger partial charge in [-0.05, 0) is 12.1 Å². The van der Waals surface area contributed by atoms with Crippen LogP contribution in [0.2, 0.25) is 0 Å². The van der Waals surface area contributed by atoms with Crippen LogP contribution in [-0.4, -0.2) is 22.3 Å². The Morgan fingerprint density at radius 3 is 3.00 bits per heavy atom. The van der Waals surface area contributed by atoms with Crippen LogP contribution < -0.4 is 0 Å². The Morgan fingerprint density at radius 1 is 1.71 bits per heavy atom. The minimum atomic E-state index is -0.858. The predicted molar refractivity (Wildman–Crippen MR) is 50.1 cm³/mol. The number of nitrogens with zero attached hydrogens (tertiary/aromatic N) is 1. The topological polar surface area (TPSA) is 67.3 Å². The van der Waals surface area contributed by atoms with Crippen LogP contribution in [-0.2, 0) is 11.2 Å². The van der Waals surface area contributed by atoms with E-state index < -0.39 is 11.9 Å². The van der Waals surface area contributed by atoms with Crippen LogP contribution in [0.3, 0.4) is 0 Å². The number of carbonyl (C=O) groups excluding carboxylic acids is 1. The summed E-state index contributed by atoms with van der Waals surface area (Å²) in [4.78, 5) is 25.0. The molecule has 1 atom stereocenters. The van der Waals surface area contributed by atoms with Gasteiger partial charge in [0.1, 0.15) is 6.29 Å². The summed E-state index contributed by atoms with van der Waals surface area (Å²) in [7, 11) is 0. The van der Waals surface area contributed by atoms with Gasteiger partial charge in [0.2, 0.25) is 0 Å². The fraction of sp³-hybridized carbons (Fsp3) is 0.300. The molecule has 1 aromatic rings. The molecule has 1 heterocycles. The first-order valence-electron chi connectivity index (χ1n) is 4.26. The van der Waals surface area contributed by atoms with Crippen molar-refractivity contribution in [3.63, 3.8) is 0 Å². The van der Waals surface area contributed by atoms with Gasteiger partial charge in [-0.25, -0.2) is 0 Å². The maximum absolute atomic E-state index is 10.6. The van der Waals surface area contributed by atoms with Crippen molar-refractivity contribution in [1.82, 2.24) is 4.98 Å². The van der Waals surface area contributed by atoms with Gasteiger partial charge in [0.05, 0.1) is 5.92 Å². The van der Waals surface area contributed by atoms with E-state index in [4.69, 9.17) is 5.11 Å². The van der Waals surface area contributed by atoms with E-state index in [1.165, 1.54) is 6.20 Å². The van der Waals surface area contributed by atoms with Crippen molar-refractivity contribution in [3.8, 4) is 0 Å². The molecule has 4 nitrogen and oxygen atoms in total. The Hall–Kier alpha value is -1.71. The van der Waals surface area contributed by atoms with E-state index in [1.807, 2.05) is 0 Å². The quantitative estimate of drug-likeness (QED) is 0.728. The summed E-state index contributed by atoms with van der Waals surface area (Å²) < 4.78 is 0. The molecule has 0 saturated carbocycles. The third kappa shape index (κ3) is 2.65. The maximum Gasteiger partial charge on any atom is 0.306 e. The number of hydrogen-bond acceptors (Lipinski definition) is 3. The maximum atomic E-state index is 10.6. The molecule has 1 unspecified atom stereocenters. The first kappa shape index (κ1) is 10.4. The van der Waals surface area contributed by atoms with E-state index in [1.54, 1.807) is 19.1 Å². The minimum Gasteiger partial charge on any atom is -0.481 e. The van der Waals surface area contributed by atoms with Crippen molar-refractivity contribution in [2.45, 2.75) is 13.3 Å². The molecule has 0 bridgehead atoms. The van der Waals surface area contributed by atoms with Gasteiger partial charge in [0.25, 0.3) is 0 Å². The van der Waals surface area contributed by atoms with Crippen LogP contribution in [0.4, 0.5) is 0 Å². The highest BCUT2D eigenvalue weighted by molar-refractivity contribution is 5.74. The van der Waals surface area contributed by atoms with E-state index in [0.717, 1.165) is 6.29 Å². The van der Waals surface area contributed by atoms with Gasteiger partial charge in [-0.15, -0.1) is 0 Å². The van der Waals surface area contributed by atoms with Gasteiger partial charge < -0.3 is 5.11 Å². The van der Waals surface area contributed by atoms with Crippen LogP contribution in [0.25, 0.3) is 0 Å². The lowest BCUT2D eigenvalue weighted by Gasteiger charge is -2.04. The summed E-state index contributed by atoms with van der Waals surface area (Å²) in [6.45, 7) is 1.61. The first-order valence-corrected chi connectivity index (χ1v) is 4.26.